The molecule has 1 N–H and O–H groups in total. The predicted octanol–water partition coefficient (Wildman–Crippen LogP) is 14.1. The van der Waals surface area contributed by atoms with E-state index >= 15 is 0 Å². The molecular weight excluding hydrogens is 615 g/mol. The van der Waals surface area contributed by atoms with Gasteiger partial charge in [0, 0.05) is 21.7 Å². The van der Waals surface area contributed by atoms with E-state index < -0.39 is 0 Å². The van der Waals surface area contributed by atoms with Gasteiger partial charge in [0.2, 0.25) is 0 Å². The Bertz CT molecular complexity index is 3120. The van der Waals surface area contributed by atoms with E-state index in [0.29, 0.717) is 0 Å². The van der Waals surface area contributed by atoms with Crippen molar-refractivity contribution < 1.29 is 0 Å². The molecule has 1 aromatic heterocycles. The normalized spacial score (nSPS) is 11.9. The van der Waals surface area contributed by atoms with Crippen LogP contribution < -0.4 is 0 Å². The van der Waals surface area contributed by atoms with Crippen LogP contribution in [-0.4, -0.2) is 4.98 Å². The molecule has 0 saturated heterocycles. The quantitative estimate of drug-likeness (QED) is 0.145. The molecule has 0 amide bonds. The van der Waals surface area contributed by atoms with Gasteiger partial charge in [-0.25, -0.2) is 0 Å². The Morgan fingerprint density at radius 3 is 1.43 bits per heavy atom. The zero-order valence-corrected chi connectivity index (χ0v) is 27.8. The van der Waals surface area contributed by atoms with Gasteiger partial charge in [0.1, 0.15) is 0 Å². The van der Waals surface area contributed by atoms with Crippen molar-refractivity contribution >= 4 is 75.7 Å². The van der Waals surface area contributed by atoms with Crippen LogP contribution in [0.25, 0.3) is 109 Å². The monoisotopic (exact) mass is 645 g/mol. The molecule has 10 aromatic carbocycles. The summed E-state index contributed by atoms with van der Waals surface area (Å²) in [6.07, 6.45) is 0. The third kappa shape index (κ3) is 4.16. The molecule has 11 aromatic rings. The van der Waals surface area contributed by atoms with Gasteiger partial charge in [-0.15, -0.1) is 0 Å². The number of hydrogen-bond acceptors (Lipinski definition) is 0. The average Bonchev–Trinajstić information content (AvgIpc) is 3.59. The zero-order valence-electron chi connectivity index (χ0n) is 27.8. The Morgan fingerprint density at radius 1 is 0.294 bits per heavy atom. The predicted molar refractivity (Wildman–Crippen MR) is 220 cm³/mol. The first-order valence-electron chi connectivity index (χ1n) is 17.7. The number of aromatic nitrogens is 1. The fourth-order valence-electron chi connectivity index (χ4n) is 8.75. The summed E-state index contributed by atoms with van der Waals surface area (Å²) < 4.78 is 0. The third-order valence-electron chi connectivity index (χ3n) is 11.0. The van der Waals surface area contributed by atoms with Crippen molar-refractivity contribution in [1.29, 1.82) is 0 Å². The van der Waals surface area contributed by atoms with Crippen molar-refractivity contribution in [3.8, 4) is 33.4 Å². The highest BCUT2D eigenvalue weighted by molar-refractivity contribution is 6.32. The van der Waals surface area contributed by atoms with E-state index in [1.165, 1.54) is 104 Å². The van der Waals surface area contributed by atoms with Crippen molar-refractivity contribution in [1.82, 2.24) is 4.98 Å². The molecule has 0 saturated carbocycles. The Kier molecular flexibility index (Phi) is 6.02. The van der Waals surface area contributed by atoms with Crippen LogP contribution in [0.1, 0.15) is 0 Å². The van der Waals surface area contributed by atoms with Crippen LogP contribution in [-0.2, 0) is 0 Å². The molecule has 1 nitrogen and oxygen atoms in total. The SMILES string of the molecule is c1ccc2c(-c3ccc(-c4c5ccccc5c(-c5ccc6[nH]c7c8ccccc8c8ccccc8c7c6c5)c5ccccc45)cc3)cccc2c1. The van der Waals surface area contributed by atoms with Crippen molar-refractivity contribution in [3.05, 3.63) is 182 Å². The van der Waals surface area contributed by atoms with Crippen LogP contribution in [0, 0.1) is 0 Å². The molecule has 0 unspecified atom stereocenters. The largest absolute Gasteiger partial charge is 0.354 e. The molecule has 0 aliphatic rings. The molecule has 236 valence electrons. The van der Waals surface area contributed by atoms with Gasteiger partial charge in [-0.2, -0.15) is 0 Å². The summed E-state index contributed by atoms with van der Waals surface area (Å²) in [5, 5.41) is 15.3. The lowest BCUT2D eigenvalue weighted by Gasteiger charge is -2.18. The van der Waals surface area contributed by atoms with Crippen LogP contribution in [0.3, 0.4) is 0 Å². The second-order valence-electron chi connectivity index (χ2n) is 13.7. The lowest BCUT2D eigenvalue weighted by atomic mass is 9.85. The van der Waals surface area contributed by atoms with Crippen LogP contribution in [0.15, 0.2) is 182 Å². The minimum absolute atomic E-state index is 1.16. The summed E-state index contributed by atoms with van der Waals surface area (Å²) >= 11 is 0. The summed E-state index contributed by atoms with van der Waals surface area (Å²) in [5.41, 5.74) is 9.86. The fraction of sp³-hybridized carbons (Fsp3) is 0. The number of rotatable bonds is 3. The summed E-state index contributed by atoms with van der Waals surface area (Å²) in [4.78, 5) is 3.82. The van der Waals surface area contributed by atoms with Crippen molar-refractivity contribution in [2.45, 2.75) is 0 Å². The smallest absolute Gasteiger partial charge is 0.0551 e. The Balaban J connectivity index is 1.15. The molecule has 11 rings (SSSR count). The van der Waals surface area contributed by atoms with Gasteiger partial charge < -0.3 is 4.98 Å². The lowest BCUT2D eigenvalue weighted by molar-refractivity contribution is 1.56. The highest BCUT2D eigenvalue weighted by Gasteiger charge is 2.19. The van der Waals surface area contributed by atoms with Gasteiger partial charge in [-0.3, -0.25) is 0 Å². The Morgan fingerprint density at radius 2 is 0.765 bits per heavy atom. The highest BCUT2D eigenvalue weighted by atomic mass is 14.7. The van der Waals surface area contributed by atoms with Crippen molar-refractivity contribution in [2.75, 3.05) is 0 Å². The van der Waals surface area contributed by atoms with E-state index in [2.05, 4.69) is 187 Å². The molecule has 51 heavy (non-hydrogen) atoms. The first kappa shape index (κ1) is 28.2. The van der Waals surface area contributed by atoms with Crippen LogP contribution in [0.5, 0.6) is 0 Å². The number of nitrogens with one attached hydrogen (secondary N) is 1. The van der Waals surface area contributed by atoms with Crippen molar-refractivity contribution in [3.63, 3.8) is 0 Å². The topological polar surface area (TPSA) is 15.8 Å². The van der Waals surface area contributed by atoms with Gasteiger partial charge in [-0.05, 0) is 94.0 Å². The first-order chi connectivity index (χ1) is 25.3. The second-order valence-corrected chi connectivity index (χ2v) is 13.7. The summed E-state index contributed by atoms with van der Waals surface area (Å²) in [7, 11) is 0. The van der Waals surface area contributed by atoms with E-state index in [1.54, 1.807) is 0 Å². The maximum Gasteiger partial charge on any atom is 0.0551 e. The zero-order chi connectivity index (χ0) is 33.5. The maximum atomic E-state index is 3.82. The molecule has 0 spiro atoms. The van der Waals surface area contributed by atoms with Crippen molar-refractivity contribution in [2.24, 2.45) is 0 Å². The molecule has 0 radical (unpaired) electrons. The number of fused-ring (bicyclic) bond motifs is 11. The van der Waals surface area contributed by atoms with Crippen LogP contribution in [0.2, 0.25) is 0 Å². The second kappa shape index (κ2) is 10.9. The van der Waals surface area contributed by atoms with Gasteiger partial charge >= 0.3 is 0 Å². The van der Waals surface area contributed by atoms with E-state index in [4.69, 9.17) is 0 Å². The fourth-order valence-corrected chi connectivity index (χ4v) is 8.75. The summed E-state index contributed by atoms with van der Waals surface area (Å²) in [6, 6.07) is 66.9. The van der Waals surface area contributed by atoms with E-state index in [0.717, 1.165) is 5.52 Å². The molecule has 0 atom stereocenters. The number of benzene rings is 10. The van der Waals surface area contributed by atoms with E-state index in [-0.39, 0.29) is 0 Å². The minimum Gasteiger partial charge on any atom is -0.354 e. The van der Waals surface area contributed by atoms with E-state index in [9.17, 15) is 0 Å². The molecule has 0 aliphatic carbocycles. The Labute approximate surface area is 295 Å². The summed E-state index contributed by atoms with van der Waals surface area (Å²) in [6.45, 7) is 0. The molecule has 0 aliphatic heterocycles. The van der Waals surface area contributed by atoms with Gasteiger partial charge in [0.25, 0.3) is 0 Å². The maximum absolute atomic E-state index is 3.82. The van der Waals surface area contributed by atoms with Crippen LogP contribution in [0.4, 0.5) is 0 Å². The molecule has 1 heteroatoms. The summed E-state index contributed by atoms with van der Waals surface area (Å²) in [5.74, 6) is 0. The van der Waals surface area contributed by atoms with E-state index in [1.807, 2.05) is 0 Å². The molecule has 1 heterocycles. The number of H-pyrrole nitrogens is 1. The third-order valence-corrected chi connectivity index (χ3v) is 11.0. The number of aromatic amines is 1. The minimum atomic E-state index is 1.16. The van der Waals surface area contributed by atoms with Gasteiger partial charge in [0.15, 0.2) is 0 Å². The lowest BCUT2D eigenvalue weighted by Crippen LogP contribution is -1.91. The standard InChI is InChI=1S/C50H31N/c1-2-14-35-31(12-1)13-11-23-36(35)32-24-26-33(27-25-32)47-40-18-6-8-20-42(40)48(43-21-9-7-19-41(43)47)34-28-29-46-45(30-34)49-39-17-5-3-15-37(39)38-16-4-10-22-44(38)50(49)51-46/h1-30,51H. The number of hydrogen-bond donors (Lipinski definition) is 1. The highest BCUT2D eigenvalue weighted by Crippen LogP contribution is 2.46. The van der Waals surface area contributed by atoms with Gasteiger partial charge in [-0.1, -0.05) is 170 Å². The van der Waals surface area contributed by atoms with Gasteiger partial charge in [0.05, 0.1) is 5.52 Å². The molecular formula is C50H31N. The molecule has 0 fully saturated rings. The first-order valence-corrected chi connectivity index (χ1v) is 17.7. The Hall–Kier alpha value is -6.70. The van der Waals surface area contributed by atoms with Crippen LogP contribution >= 0.6 is 0 Å². The average molecular weight is 646 g/mol. The molecule has 0 bridgehead atoms.